The van der Waals surface area contributed by atoms with Gasteiger partial charge in [0.2, 0.25) is 0 Å². The summed E-state index contributed by atoms with van der Waals surface area (Å²) in [6, 6.07) is 6.57. The van der Waals surface area contributed by atoms with E-state index in [0.29, 0.717) is 5.56 Å². The molecule has 0 amide bonds. The van der Waals surface area contributed by atoms with E-state index in [1.807, 2.05) is 0 Å². The van der Waals surface area contributed by atoms with Gasteiger partial charge in [0.05, 0.1) is 5.92 Å². The number of nitrogens with one attached hydrogen (secondary N) is 1. The largest absolute Gasteiger partial charge is 0.508 e. The van der Waals surface area contributed by atoms with Gasteiger partial charge in [-0.1, -0.05) is 12.1 Å². The molecule has 2 atom stereocenters. The van der Waals surface area contributed by atoms with Crippen LogP contribution in [0, 0.1) is 5.92 Å². The monoisotopic (exact) mass is 235 g/mol. The zero-order valence-corrected chi connectivity index (χ0v) is 9.60. The first-order chi connectivity index (χ1) is 8.18. The first kappa shape index (κ1) is 11.9. The second kappa shape index (κ2) is 5.19. The Kier molecular flexibility index (Phi) is 3.64. The highest BCUT2D eigenvalue weighted by Crippen LogP contribution is 2.31. The molecule has 2 rings (SSSR count). The van der Waals surface area contributed by atoms with Gasteiger partial charge in [0.25, 0.3) is 0 Å². The highest BCUT2D eigenvalue weighted by molar-refractivity contribution is 5.76. The molecular weight excluding hydrogens is 218 g/mol. The van der Waals surface area contributed by atoms with Crippen LogP contribution in [0.1, 0.15) is 24.3 Å². The van der Waals surface area contributed by atoms with E-state index in [1.165, 1.54) is 0 Å². The van der Waals surface area contributed by atoms with E-state index in [-0.39, 0.29) is 11.7 Å². The van der Waals surface area contributed by atoms with Crippen LogP contribution < -0.4 is 5.32 Å². The van der Waals surface area contributed by atoms with Crippen LogP contribution in [0.5, 0.6) is 5.75 Å². The third-order valence-electron chi connectivity index (χ3n) is 3.30. The quantitative estimate of drug-likeness (QED) is 0.743. The Labute approximate surface area is 100 Å². The van der Waals surface area contributed by atoms with Crippen molar-refractivity contribution >= 4 is 5.97 Å². The van der Waals surface area contributed by atoms with Crippen LogP contribution in [0.2, 0.25) is 0 Å². The minimum Gasteiger partial charge on any atom is -0.508 e. The molecule has 92 valence electrons. The Bertz CT molecular complexity index is 399. The maximum Gasteiger partial charge on any atom is 0.311 e. The molecule has 0 bridgehead atoms. The Morgan fingerprint density at radius 2 is 2.29 bits per heavy atom. The molecule has 1 aromatic rings. The number of aromatic hydroxyl groups is 1. The van der Waals surface area contributed by atoms with Crippen LogP contribution in [0.4, 0.5) is 0 Å². The zero-order chi connectivity index (χ0) is 12.3. The average Bonchev–Trinajstić information content (AvgIpc) is 2.30. The molecule has 0 aliphatic carbocycles. The smallest absolute Gasteiger partial charge is 0.311 e. The number of carboxylic acid groups (broad SMARTS) is 1. The van der Waals surface area contributed by atoms with Crippen molar-refractivity contribution in [1.29, 1.82) is 0 Å². The third kappa shape index (κ3) is 2.77. The number of hydrogen-bond acceptors (Lipinski definition) is 3. The molecule has 1 aliphatic heterocycles. The molecule has 1 heterocycles. The Morgan fingerprint density at radius 1 is 1.47 bits per heavy atom. The SMILES string of the molecule is O=C(O)C(c1cccc(O)c1)C1CCCNC1. The molecular formula is C13H17NO3. The van der Waals surface area contributed by atoms with Gasteiger partial charge in [-0.25, -0.2) is 0 Å². The minimum absolute atomic E-state index is 0.100. The number of carboxylic acids is 1. The zero-order valence-electron chi connectivity index (χ0n) is 9.60. The number of carbonyl (C=O) groups is 1. The van der Waals surface area contributed by atoms with Crippen molar-refractivity contribution in [3.8, 4) is 5.75 Å². The fraction of sp³-hybridized carbons (Fsp3) is 0.462. The van der Waals surface area contributed by atoms with Gasteiger partial charge in [0.15, 0.2) is 0 Å². The van der Waals surface area contributed by atoms with E-state index >= 15 is 0 Å². The normalized spacial score (nSPS) is 22.0. The van der Waals surface area contributed by atoms with E-state index < -0.39 is 11.9 Å². The lowest BCUT2D eigenvalue weighted by atomic mass is 9.81. The molecule has 0 spiro atoms. The third-order valence-corrected chi connectivity index (χ3v) is 3.30. The number of rotatable bonds is 3. The summed E-state index contributed by atoms with van der Waals surface area (Å²) in [5, 5.41) is 22.0. The van der Waals surface area contributed by atoms with Gasteiger partial charge in [-0.15, -0.1) is 0 Å². The molecule has 17 heavy (non-hydrogen) atoms. The fourth-order valence-corrected chi connectivity index (χ4v) is 2.50. The second-order valence-electron chi connectivity index (χ2n) is 4.52. The summed E-state index contributed by atoms with van der Waals surface area (Å²) in [4.78, 5) is 11.4. The Hall–Kier alpha value is -1.55. The van der Waals surface area contributed by atoms with E-state index in [0.717, 1.165) is 25.9 Å². The molecule has 2 unspecified atom stereocenters. The number of aliphatic carboxylic acids is 1. The first-order valence-electron chi connectivity index (χ1n) is 5.91. The van der Waals surface area contributed by atoms with Gasteiger partial charge in [-0.3, -0.25) is 4.79 Å². The maximum atomic E-state index is 11.4. The lowest BCUT2D eigenvalue weighted by molar-refractivity contribution is -0.140. The van der Waals surface area contributed by atoms with Gasteiger partial charge in [-0.05, 0) is 49.5 Å². The molecule has 0 radical (unpaired) electrons. The molecule has 1 aromatic carbocycles. The van der Waals surface area contributed by atoms with Gasteiger partial charge in [0.1, 0.15) is 5.75 Å². The van der Waals surface area contributed by atoms with Gasteiger partial charge < -0.3 is 15.5 Å². The summed E-state index contributed by atoms with van der Waals surface area (Å²) in [6.45, 7) is 1.69. The van der Waals surface area contributed by atoms with E-state index in [2.05, 4.69) is 5.32 Å². The van der Waals surface area contributed by atoms with Gasteiger partial charge in [-0.2, -0.15) is 0 Å². The summed E-state index contributed by atoms with van der Waals surface area (Å²) in [5.74, 6) is -1.13. The van der Waals surface area contributed by atoms with Crippen molar-refractivity contribution in [2.45, 2.75) is 18.8 Å². The van der Waals surface area contributed by atoms with Gasteiger partial charge >= 0.3 is 5.97 Å². The van der Waals surface area contributed by atoms with Crippen LogP contribution in [0.3, 0.4) is 0 Å². The van der Waals surface area contributed by atoms with Crippen molar-refractivity contribution in [2.75, 3.05) is 13.1 Å². The number of benzene rings is 1. The predicted molar refractivity (Wildman–Crippen MR) is 64.1 cm³/mol. The standard InChI is InChI=1S/C13H17NO3/c15-11-5-1-3-9(7-11)12(13(16)17)10-4-2-6-14-8-10/h1,3,5,7,10,12,14-15H,2,4,6,8H2,(H,16,17). The molecule has 0 saturated carbocycles. The number of hydrogen-bond donors (Lipinski definition) is 3. The molecule has 0 aromatic heterocycles. The van der Waals surface area contributed by atoms with Crippen LogP contribution >= 0.6 is 0 Å². The van der Waals surface area contributed by atoms with E-state index in [1.54, 1.807) is 24.3 Å². The predicted octanol–water partition coefficient (Wildman–Crippen LogP) is 1.56. The fourth-order valence-electron chi connectivity index (χ4n) is 2.50. The topological polar surface area (TPSA) is 69.6 Å². The lowest BCUT2D eigenvalue weighted by Gasteiger charge is -2.28. The van der Waals surface area contributed by atoms with Crippen molar-refractivity contribution < 1.29 is 15.0 Å². The van der Waals surface area contributed by atoms with Crippen molar-refractivity contribution in [3.63, 3.8) is 0 Å². The highest BCUT2D eigenvalue weighted by atomic mass is 16.4. The van der Waals surface area contributed by atoms with Crippen LogP contribution in [-0.4, -0.2) is 29.3 Å². The number of phenolic OH excluding ortho intramolecular Hbond substituents is 1. The van der Waals surface area contributed by atoms with Crippen molar-refractivity contribution in [2.24, 2.45) is 5.92 Å². The number of piperidine rings is 1. The summed E-state index contributed by atoms with van der Waals surface area (Å²) >= 11 is 0. The number of phenols is 1. The Morgan fingerprint density at radius 3 is 2.88 bits per heavy atom. The molecule has 4 heteroatoms. The van der Waals surface area contributed by atoms with Crippen LogP contribution in [0.15, 0.2) is 24.3 Å². The lowest BCUT2D eigenvalue weighted by Crippen LogP contribution is -2.36. The molecule has 1 saturated heterocycles. The molecule has 4 nitrogen and oxygen atoms in total. The maximum absolute atomic E-state index is 11.4. The average molecular weight is 235 g/mol. The summed E-state index contributed by atoms with van der Waals surface area (Å²) in [6.07, 6.45) is 1.92. The van der Waals surface area contributed by atoms with Crippen molar-refractivity contribution in [1.82, 2.24) is 5.32 Å². The molecule has 1 aliphatic rings. The van der Waals surface area contributed by atoms with Gasteiger partial charge in [0, 0.05) is 0 Å². The van der Waals surface area contributed by atoms with Crippen LogP contribution in [0.25, 0.3) is 0 Å². The molecule has 1 fully saturated rings. The Balaban J connectivity index is 2.25. The highest BCUT2D eigenvalue weighted by Gasteiger charge is 2.30. The minimum atomic E-state index is -0.815. The van der Waals surface area contributed by atoms with E-state index in [9.17, 15) is 15.0 Å². The first-order valence-corrected chi connectivity index (χ1v) is 5.91. The second-order valence-corrected chi connectivity index (χ2v) is 4.52. The summed E-state index contributed by atoms with van der Waals surface area (Å²) in [5.41, 5.74) is 0.686. The van der Waals surface area contributed by atoms with E-state index in [4.69, 9.17) is 0 Å². The summed E-state index contributed by atoms with van der Waals surface area (Å²) < 4.78 is 0. The van der Waals surface area contributed by atoms with Crippen LogP contribution in [-0.2, 0) is 4.79 Å². The van der Waals surface area contributed by atoms with Crippen molar-refractivity contribution in [3.05, 3.63) is 29.8 Å². The summed E-state index contributed by atoms with van der Waals surface area (Å²) in [7, 11) is 0. The molecule has 3 N–H and O–H groups in total.